The summed E-state index contributed by atoms with van der Waals surface area (Å²) in [5.74, 6) is -0.0385. The summed E-state index contributed by atoms with van der Waals surface area (Å²) in [6.07, 6.45) is 2.88. The fourth-order valence-electron chi connectivity index (χ4n) is 2.63. The van der Waals surface area contributed by atoms with Gasteiger partial charge < -0.3 is 0 Å². The molecular formula is C20H10F4N4O2S. The van der Waals surface area contributed by atoms with Crippen molar-refractivity contribution in [3.63, 3.8) is 0 Å². The Labute approximate surface area is 173 Å². The average Bonchev–Trinajstić information content (AvgIpc) is 3.20. The molecule has 6 nitrogen and oxygen atoms in total. The van der Waals surface area contributed by atoms with Crippen LogP contribution in [0.2, 0.25) is 0 Å². The summed E-state index contributed by atoms with van der Waals surface area (Å²) in [6, 6.07) is 5.15. The van der Waals surface area contributed by atoms with Gasteiger partial charge >= 0.3 is 0 Å². The number of aromatic amines is 1. The summed E-state index contributed by atoms with van der Waals surface area (Å²) >= 11 is 0. The number of sulfonamides is 1. The molecule has 156 valence electrons. The second-order valence-electron chi connectivity index (χ2n) is 6.25. The molecule has 4 aromatic rings. The number of nitrogens with one attached hydrogen (secondary N) is 2. The lowest BCUT2D eigenvalue weighted by atomic mass is 10.1. The molecule has 0 aliphatic rings. The Kier molecular flexibility index (Phi) is 5.08. The number of aromatic nitrogens is 3. The number of hydrogen-bond donors (Lipinski definition) is 2. The summed E-state index contributed by atoms with van der Waals surface area (Å²) in [4.78, 5) is 3.42. The van der Waals surface area contributed by atoms with Crippen molar-refractivity contribution < 1.29 is 26.0 Å². The second kappa shape index (κ2) is 7.73. The van der Waals surface area contributed by atoms with Crippen molar-refractivity contribution in [1.29, 1.82) is 0 Å². The van der Waals surface area contributed by atoms with Crippen LogP contribution in [-0.2, 0) is 10.0 Å². The van der Waals surface area contributed by atoms with Gasteiger partial charge in [0.15, 0.2) is 23.1 Å². The lowest BCUT2D eigenvalue weighted by molar-refractivity contribution is 0.504. The number of H-pyrrole nitrogens is 1. The van der Waals surface area contributed by atoms with Crippen LogP contribution < -0.4 is 4.72 Å². The molecule has 0 unspecified atom stereocenters. The fourth-order valence-corrected chi connectivity index (χ4v) is 3.70. The van der Waals surface area contributed by atoms with Gasteiger partial charge in [-0.25, -0.2) is 31.0 Å². The lowest BCUT2D eigenvalue weighted by Crippen LogP contribution is -2.15. The van der Waals surface area contributed by atoms with Crippen LogP contribution in [0.4, 0.5) is 23.2 Å². The first-order chi connectivity index (χ1) is 14.7. The van der Waals surface area contributed by atoms with E-state index in [0.717, 1.165) is 18.2 Å². The largest absolute Gasteiger partial charge is 0.277 e. The molecule has 2 aromatic carbocycles. The first-order valence-corrected chi connectivity index (χ1v) is 10.00. The van der Waals surface area contributed by atoms with Gasteiger partial charge in [0.05, 0.1) is 22.3 Å². The number of nitrogens with zero attached hydrogens (tertiary/aromatic N) is 2. The zero-order valence-electron chi connectivity index (χ0n) is 15.2. The smallest absolute Gasteiger partial charge is 0.262 e. The molecule has 0 spiro atoms. The summed E-state index contributed by atoms with van der Waals surface area (Å²) in [7, 11) is -4.48. The van der Waals surface area contributed by atoms with Crippen molar-refractivity contribution in [2.75, 3.05) is 4.72 Å². The minimum atomic E-state index is -4.48. The Morgan fingerprint density at radius 3 is 2.45 bits per heavy atom. The van der Waals surface area contributed by atoms with Crippen molar-refractivity contribution in [2.24, 2.45) is 0 Å². The van der Waals surface area contributed by atoms with Gasteiger partial charge in [-0.3, -0.25) is 9.82 Å². The monoisotopic (exact) mass is 446 g/mol. The van der Waals surface area contributed by atoms with E-state index >= 15 is 0 Å². The summed E-state index contributed by atoms with van der Waals surface area (Å²) in [5, 5.41) is 7.09. The molecule has 2 heterocycles. The third-order valence-electron chi connectivity index (χ3n) is 4.16. The number of pyridine rings is 1. The molecule has 0 aliphatic heterocycles. The Hall–Kier alpha value is -3.91. The molecule has 2 N–H and O–H groups in total. The normalized spacial score (nSPS) is 11.2. The average molecular weight is 446 g/mol. The summed E-state index contributed by atoms with van der Waals surface area (Å²) in [6.45, 7) is 0. The molecular weight excluding hydrogens is 436 g/mol. The van der Waals surface area contributed by atoms with Crippen LogP contribution in [0, 0.1) is 35.1 Å². The number of fused-ring (bicyclic) bond motifs is 1. The van der Waals surface area contributed by atoms with Gasteiger partial charge in [-0.15, -0.1) is 0 Å². The fraction of sp³-hybridized carbons (Fsp3) is 0. The Bertz CT molecular complexity index is 1490. The van der Waals surface area contributed by atoms with E-state index in [1.807, 2.05) is 4.72 Å². The van der Waals surface area contributed by atoms with Gasteiger partial charge in [-0.05, 0) is 36.4 Å². The lowest BCUT2D eigenvalue weighted by Gasteiger charge is -2.10. The highest BCUT2D eigenvalue weighted by molar-refractivity contribution is 7.92. The van der Waals surface area contributed by atoms with E-state index < -0.39 is 49.4 Å². The minimum Gasteiger partial charge on any atom is -0.277 e. The van der Waals surface area contributed by atoms with Crippen molar-refractivity contribution in [3.05, 3.63) is 83.2 Å². The molecule has 0 amide bonds. The molecule has 0 bridgehead atoms. The van der Waals surface area contributed by atoms with Gasteiger partial charge in [0.25, 0.3) is 10.0 Å². The number of hydrogen-bond acceptors (Lipinski definition) is 4. The third kappa shape index (κ3) is 4.06. The van der Waals surface area contributed by atoms with Crippen LogP contribution in [0.1, 0.15) is 11.1 Å². The summed E-state index contributed by atoms with van der Waals surface area (Å²) < 4.78 is 82.0. The molecule has 0 radical (unpaired) electrons. The molecule has 11 heteroatoms. The molecule has 4 rings (SSSR count). The standard InChI is InChI=1S/C20H10F4N4O2S/c21-15-5-6-18(28-31(29,30)13-2-4-16(22)17(23)8-13)19(24)14(15)3-1-11-7-12-10-26-27-20(12)25-9-11/h2,4-10,28H,(H,25,26,27). The van der Waals surface area contributed by atoms with E-state index in [4.69, 9.17) is 0 Å². The van der Waals surface area contributed by atoms with Crippen LogP contribution in [0.5, 0.6) is 0 Å². The zero-order chi connectivity index (χ0) is 22.2. The molecule has 31 heavy (non-hydrogen) atoms. The van der Waals surface area contributed by atoms with Gasteiger partial charge in [-0.2, -0.15) is 5.10 Å². The summed E-state index contributed by atoms with van der Waals surface area (Å²) in [5.41, 5.74) is -0.436. The number of benzene rings is 2. The van der Waals surface area contributed by atoms with Crippen LogP contribution in [-0.4, -0.2) is 23.6 Å². The Morgan fingerprint density at radius 1 is 0.903 bits per heavy atom. The Morgan fingerprint density at radius 2 is 1.68 bits per heavy atom. The molecule has 0 aliphatic carbocycles. The van der Waals surface area contributed by atoms with Gasteiger partial charge in [-0.1, -0.05) is 11.8 Å². The quantitative estimate of drug-likeness (QED) is 0.371. The van der Waals surface area contributed by atoms with E-state index in [0.29, 0.717) is 28.7 Å². The Balaban J connectivity index is 1.68. The van der Waals surface area contributed by atoms with Crippen LogP contribution in [0.15, 0.2) is 53.7 Å². The van der Waals surface area contributed by atoms with E-state index in [-0.39, 0.29) is 0 Å². The zero-order valence-corrected chi connectivity index (χ0v) is 16.1. The maximum absolute atomic E-state index is 14.8. The van der Waals surface area contributed by atoms with Crippen molar-refractivity contribution in [2.45, 2.75) is 4.90 Å². The highest BCUT2D eigenvalue weighted by Gasteiger charge is 2.20. The van der Waals surface area contributed by atoms with Crippen molar-refractivity contribution in [3.8, 4) is 11.8 Å². The third-order valence-corrected chi connectivity index (χ3v) is 5.52. The van der Waals surface area contributed by atoms with Crippen LogP contribution >= 0.6 is 0 Å². The number of anilines is 1. The van der Waals surface area contributed by atoms with Crippen LogP contribution in [0.25, 0.3) is 11.0 Å². The maximum atomic E-state index is 14.8. The molecule has 0 atom stereocenters. The number of halogens is 4. The van der Waals surface area contributed by atoms with E-state index in [2.05, 4.69) is 27.0 Å². The van der Waals surface area contributed by atoms with E-state index in [1.165, 1.54) is 12.4 Å². The predicted octanol–water partition coefficient (Wildman–Crippen LogP) is 3.71. The van der Waals surface area contributed by atoms with Gasteiger partial charge in [0, 0.05) is 17.1 Å². The molecule has 0 fully saturated rings. The van der Waals surface area contributed by atoms with Gasteiger partial charge in [0.1, 0.15) is 5.82 Å². The van der Waals surface area contributed by atoms with Gasteiger partial charge in [0.2, 0.25) is 0 Å². The van der Waals surface area contributed by atoms with E-state index in [1.54, 1.807) is 6.07 Å². The first-order valence-electron chi connectivity index (χ1n) is 8.51. The highest BCUT2D eigenvalue weighted by Crippen LogP contribution is 2.24. The molecule has 0 saturated heterocycles. The SMILES string of the molecule is O=S(=O)(Nc1ccc(F)c(C#Cc2cnc3[nH]ncc3c2)c1F)c1ccc(F)c(F)c1. The predicted molar refractivity (Wildman–Crippen MR) is 103 cm³/mol. The second-order valence-corrected chi connectivity index (χ2v) is 7.93. The maximum Gasteiger partial charge on any atom is 0.262 e. The van der Waals surface area contributed by atoms with Crippen LogP contribution in [0.3, 0.4) is 0 Å². The molecule has 2 aromatic heterocycles. The van der Waals surface area contributed by atoms with Crippen molar-refractivity contribution in [1.82, 2.24) is 15.2 Å². The van der Waals surface area contributed by atoms with Crippen molar-refractivity contribution >= 4 is 26.7 Å². The van der Waals surface area contributed by atoms with E-state index in [9.17, 15) is 26.0 Å². The number of rotatable bonds is 3. The molecule has 0 saturated carbocycles. The first kappa shape index (κ1) is 20.4. The minimum absolute atomic E-state index is 0.348. The topological polar surface area (TPSA) is 87.7 Å². The highest BCUT2D eigenvalue weighted by atomic mass is 32.2.